The van der Waals surface area contributed by atoms with Gasteiger partial charge >= 0.3 is 5.97 Å². The summed E-state index contributed by atoms with van der Waals surface area (Å²) in [5.74, 6) is -0.893. The molecule has 1 rings (SSSR count). The van der Waals surface area contributed by atoms with E-state index in [1.807, 2.05) is 0 Å². The third-order valence-corrected chi connectivity index (χ3v) is 3.99. The lowest BCUT2D eigenvalue weighted by Gasteiger charge is -2.39. The molecule has 1 aliphatic rings. The molecule has 1 unspecified atom stereocenters. The van der Waals surface area contributed by atoms with Crippen LogP contribution >= 0.6 is 0 Å². The Morgan fingerprint density at radius 1 is 1.50 bits per heavy atom. The Morgan fingerprint density at radius 2 is 2.06 bits per heavy atom. The number of hydrogen-bond donors (Lipinski definition) is 2. The Morgan fingerprint density at radius 3 is 2.50 bits per heavy atom. The third-order valence-electron chi connectivity index (χ3n) is 3.99. The van der Waals surface area contributed by atoms with E-state index in [1.165, 1.54) is 19.3 Å². The van der Waals surface area contributed by atoms with Crippen LogP contribution in [-0.2, 0) is 4.79 Å². The molecule has 94 valence electrons. The van der Waals surface area contributed by atoms with Crippen molar-refractivity contribution < 1.29 is 9.90 Å². The molecule has 0 aromatic heterocycles. The van der Waals surface area contributed by atoms with E-state index < -0.39 is 12.0 Å². The molecule has 0 amide bonds. The summed E-state index contributed by atoms with van der Waals surface area (Å²) in [4.78, 5) is 12.9. The van der Waals surface area contributed by atoms with E-state index in [-0.39, 0.29) is 0 Å². The van der Waals surface area contributed by atoms with Crippen LogP contribution in [0.25, 0.3) is 0 Å². The zero-order chi connectivity index (χ0) is 12.2. The smallest absolute Gasteiger partial charge is 0.320 e. The van der Waals surface area contributed by atoms with Gasteiger partial charge in [0.1, 0.15) is 6.04 Å². The van der Waals surface area contributed by atoms with Crippen molar-refractivity contribution in [3.8, 4) is 0 Å². The van der Waals surface area contributed by atoms with Crippen molar-refractivity contribution in [1.29, 1.82) is 0 Å². The number of carboxylic acid groups (broad SMARTS) is 1. The topological polar surface area (TPSA) is 66.6 Å². The number of rotatable bonds is 5. The van der Waals surface area contributed by atoms with Crippen molar-refractivity contribution >= 4 is 5.97 Å². The van der Waals surface area contributed by atoms with Gasteiger partial charge in [-0.25, -0.2) is 0 Å². The van der Waals surface area contributed by atoms with Gasteiger partial charge < -0.3 is 15.7 Å². The number of likely N-dealkylation sites (tertiary alicyclic amines) is 1. The van der Waals surface area contributed by atoms with Crippen molar-refractivity contribution in [2.45, 2.75) is 45.6 Å². The zero-order valence-electron chi connectivity index (χ0n) is 10.4. The van der Waals surface area contributed by atoms with Crippen LogP contribution in [0, 0.1) is 5.41 Å². The molecule has 1 heterocycles. The largest absolute Gasteiger partial charge is 0.480 e. The summed E-state index contributed by atoms with van der Waals surface area (Å²) >= 11 is 0. The van der Waals surface area contributed by atoms with Gasteiger partial charge in [-0.2, -0.15) is 0 Å². The predicted molar refractivity (Wildman–Crippen MR) is 64.3 cm³/mol. The van der Waals surface area contributed by atoms with Gasteiger partial charge in [-0.1, -0.05) is 20.3 Å². The van der Waals surface area contributed by atoms with E-state index in [2.05, 4.69) is 18.7 Å². The molecule has 3 N–H and O–H groups in total. The van der Waals surface area contributed by atoms with Gasteiger partial charge in [0, 0.05) is 6.54 Å². The highest BCUT2D eigenvalue weighted by molar-refractivity contribution is 5.72. The van der Waals surface area contributed by atoms with Crippen molar-refractivity contribution in [2.24, 2.45) is 11.1 Å². The van der Waals surface area contributed by atoms with Crippen LogP contribution < -0.4 is 5.73 Å². The van der Waals surface area contributed by atoms with Gasteiger partial charge in [-0.15, -0.1) is 0 Å². The lowest BCUT2D eigenvalue weighted by molar-refractivity contribution is -0.138. The van der Waals surface area contributed by atoms with Gasteiger partial charge in [-0.05, 0) is 37.8 Å². The monoisotopic (exact) mass is 228 g/mol. The van der Waals surface area contributed by atoms with Crippen LogP contribution in [0.1, 0.15) is 39.5 Å². The van der Waals surface area contributed by atoms with Gasteiger partial charge in [0.05, 0.1) is 0 Å². The first kappa shape index (κ1) is 13.5. The molecule has 1 aliphatic heterocycles. The molecule has 16 heavy (non-hydrogen) atoms. The predicted octanol–water partition coefficient (Wildman–Crippen LogP) is 1.30. The molecular formula is C12H24N2O2. The van der Waals surface area contributed by atoms with Crippen LogP contribution in [0.5, 0.6) is 0 Å². The quantitative estimate of drug-likeness (QED) is 0.744. The highest BCUT2D eigenvalue weighted by Gasteiger charge is 2.28. The van der Waals surface area contributed by atoms with Gasteiger partial charge in [0.15, 0.2) is 0 Å². The molecule has 4 nitrogen and oxygen atoms in total. The van der Waals surface area contributed by atoms with Crippen molar-refractivity contribution in [1.82, 2.24) is 4.90 Å². The van der Waals surface area contributed by atoms with E-state index in [1.54, 1.807) is 0 Å². The molecule has 4 heteroatoms. The van der Waals surface area contributed by atoms with Crippen LogP contribution in [0.3, 0.4) is 0 Å². The third kappa shape index (κ3) is 3.76. The maximum Gasteiger partial charge on any atom is 0.320 e. The van der Waals surface area contributed by atoms with Crippen molar-refractivity contribution in [3.63, 3.8) is 0 Å². The molecule has 0 spiro atoms. The summed E-state index contributed by atoms with van der Waals surface area (Å²) in [7, 11) is 0. The summed E-state index contributed by atoms with van der Waals surface area (Å²) < 4.78 is 0. The van der Waals surface area contributed by atoms with Gasteiger partial charge in [0.25, 0.3) is 0 Å². The SMILES string of the molecule is CCC1(C)CCN(CCC(N)C(=O)O)CC1. The van der Waals surface area contributed by atoms with Crippen molar-refractivity contribution in [2.75, 3.05) is 19.6 Å². The second-order valence-electron chi connectivity index (χ2n) is 5.24. The molecule has 0 aliphatic carbocycles. The molecule has 0 aromatic rings. The molecule has 0 saturated carbocycles. The normalized spacial score (nSPS) is 22.9. The van der Waals surface area contributed by atoms with Crippen LogP contribution in [0.15, 0.2) is 0 Å². The fourth-order valence-corrected chi connectivity index (χ4v) is 2.12. The minimum absolute atomic E-state index is 0.491. The van der Waals surface area contributed by atoms with Gasteiger partial charge in [-0.3, -0.25) is 4.79 Å². The van der Waals surface area contributed by atoms with E-state index in [0.717, 1.165) is 19.6 Å². The standard InChI is InChI=1S/C12H24N2O2/c1-3-12(2)5-8-14(9-6-12)7-4-10(13)11(15)16/h10H,3-9,13H2,1-2H3,(H,15,16). The molecule has 1 atom stereocenters. The zero-order valence-corrected chi connectivity index (χ0v) is 10.4. The number of aliphatic carboxylic acids is 1. The number of carboxylic acids is 1. The Kier molecular flexibility index (Phi) is 4.74. The van der Waals surface area contributed by atoms with Crippen LogP contribution in [0.4, 0.5) is 0 Å². The molecule has 0 aromatic carbocycles. The van der Waals surface area contributed by atoms with Crippen LogP contribution in [0.2, 0.25) is 0 Å². The average Bonchev–Trinajstić information content (AvgIpc) is 2.28. The Balaban J connectivity index is 2.25. The molecule has 1 saturated heterocycles. The van der Waals surface area contributed by atoms with E-state index >= 15 is 0 Å². The second-order valence-corrected chi connectivity index (χ2v) is 5.24. The Hall–Kier alpha value is -0.610. The fraction of sp³-hybridized carbons (Fsp3) is 0.917. The first-order valence-electron chi connectivity index (χ1n) is 6.17. The minimum Gasteiger partial charge on any atom is -0.480 e. The molecule has 0 radical (unpaired) electrons. The summed E-state index contributed by atoms with van der Waals surface area (Å²) in [6.07, 6.45) is 4.21. The average molecular weight is 228 g/mol. The number of piperidine rings is 1. The minimum atomic E-state index is -0.893. The Bertz CT molecular complexity index is 235. The molecule has 1 fully saturated rings. The highest BCUT2D eigenvalue weighted by Crippen LogP contribution is 2.33. The first-order chi connectivity index (χ1) is 7.47. The Labute approximate surface area is 97.8 Å². The lowest BCUT2D eigenvalue weighted by Crippen LogP contribution is -2.41. The number of nitrogens with zero attached hydrogens (tertiary/aromatic N) is 1. The number of carbonyl (C=O) groups is 1. The lowest BCUT2D eigenvalue weighted by atomic mass is 9.78. The highest BCUT2D eigenvalue weighted by atomic mass is 16.4. The molecular weight excluding hydrogens is 204 g/mol. The van der Waals surface area contributed by atoms with Crippen LogP contribution in [-0.4, -0.2) is 41.7 Å². The first-order valence-corrected chi connectivity index (χ1v) is 6.17. The van der Waals surface area contributed by atoms with Crippen molar-refractivity contribution in [3.05, 3.63) is 0 Å². The second kappa shape index (κ2) is 5.64. The maximum atomic E-state index is 10.6. The summed E-state index contributed by atoms with van der Waals surface area (Å²) in [6, 6.07) is -0.709. The molecule has 0 bridgehead atoms. The summed E-state index contributed by atoms with van der Waals surface area (Å²) in [5.41, 5.74) is 5.98. The number of nitrogens with two attached hydrogens (primary N) is 1. The van der Waals surface area contributed by atoms with Gasteiger partial charge in [0.2, 0.25) is 0 Å². The fourth-order valence-electron chi connectivity index (χ4n) is 2.12. The summed E-state index contributed by atoms with van der Waals surface area (Å²) in [5, 5.41) is 8.69. The van der Waals surface area contributed by atoms with E-state index in [4.69, 9.17) is 10.8 Å². The maximum absolute atomic E-state index is 10.6. The number of hydrogen-bond acceptors (Lipinski definition) is 3. The van der Waals surface area contributed by atoms with E-state index in [0.29, 0.717) is 11.8 Å². The van der Waals surface area contributed by atoms with E-state index in [9.17, 15) is 4.79 Å². The summed E-state index contributed by atoms with van der Waals surface area (Å²) in [6.45, 7) is 7.56.